The molecule has 0 saturated carbocycles. The van der Waals surface area contributed by atoms with Crippen molar-refractivity contribution in [2.24, 2.45) is 7.05 Å². The van der Waals surface area contributed by atoms with Crippen LogP contribution < -0.4 is 10.2 Å². The first-order valence-corrected chi connectivity index (χ1v) is 6.95. The Morgan fingerprint density at radius 2 is 1.95 bits per heavy atom. The topological polar surface area (TPSA) is 46.0 Å². The lowest BCUT2D eigenvalue weighted by molar-refractivity contribution is 0.522. The number of aryl methyl sites for hydroxylation is 1. The number of rotatable bonds is 6. The van der Waals surface area contributed by atoms with Crippen LogP contribution in [0, 0.1) is 0 Å². The largest absolute Gasteiger partial charge is 0.378 e. The predicted octanol–water partition coefficient (Wildman–Crippen LogP) is 1.77. The Morgan fingerprint density at radius 3 is 2.45 bits per heavy atom. The van der Waals surface area contributed by atoms with E-state index >= 15 is 0 Å². The van der Waals surface area contributed by atoms with E-state index in [1.165, 1.54) is 11.3 Å². The van der Waals surface area contributed by atoms with E-state index in [0.29, 0.717) is 0 Å². The Labute approximate surface area is 120 Å². The maximum Gasteiger partial charge on any atom is 0.138 e. The molecule has 0 fully saturated rings. The number of nitrogens with zero attached hydrogens (tertiary/aromatic N) is 4. The third-order valence-corrected chi connectivity index (χ3v) is 3.45. The number of hydrogen-bond donors (Lipinski definition) is 1. The van der Waals surface area contributed by atoms with E-state index in [0.717, 1.165) is 18.8 Å². The third kappa shape index (κ3) is 3.36. The van der Waals surface area contributed by atoms with Gasteiger partial charge in [0.05, 0.1) is 0 Å². The second-order valence-corrected chi connectivity index (χ2v) is 5.10. The molecular weight excluding hydrogens is 250 g/mol. The van der Waals surface area contributed by atoms with Crippen molar-refractivity contribution in [3.63, 3.8) is 0 Å². The SMILES string of the molecule is CCNC(Cc1ncnn1C)c1ccc(N(C)C)cc1. The van der Waals surface area contributed by atoms with Crippen LogP contribution in [0.1, 0.15) is 24.4 Å². The van der Waals surface area contributed by atoms with Gasteiger partial charge in [-0.2, -0.15) is 5.10 Å². The highest BCUT2D eigenvalue weighted by atomic mass is 15.3. The van der Waals surface area contributed by atoms with E-state index in [1.807, 2.05) is 11.7 Å². The van der Waals surface area contributed by atoms with Crippen LogP contribution in [-0.2, 0) is 13.5 Å². The summed E-state index contributed by atoms with van der Waals surface area (Å²) in [4.78, 5) is 6.42. The molecule has 0 spiro atoms. The summed E-state index contributed by atoms with van der Waals surface area (Å²) in [6.07, 6.45) is 2.44. The summed E-state index contributed by atoms with van der Waals surface area (Å²) in [6.45, 7) is 3.05. The highest BCUT2D eigenvalue weighted by Crippen LogP contribution is 2.20. The molecular formula is C15H23N5. The summed E-state index contributed by atoms with van der Waals surface area (Å²) in [7, 11) is 6.03. The van der Waals surface area contributed by atoms with E-state index < -0.39 is 0 Å². The van der Waals surface area contributed by atoms with Gasteiger partial charge in [-0.3, -0.25) is 4.68 Å². The van der Waals surface area contributed by atoms with Crippen LogP contribution in [-0.4, -0.2) is 35.4 Å². The fraction of sp³-hybridized carbons (Fsp3) is 0.467. The second-order valence-electron chi connectivity index (χ2n) is 5.10. The van der Waals surface area contributed by atoms with Crippen molar-refractivity contribution in [2.45, 2.75) is 19.4 Å². The van der Waals surface area contributed by atoms with Gasteiger partial charge >= 0.3 is 0 Å². The van der Waals surface area contributed by atoms with E-state index in [4.69, 9.17) is 0 Å². The smallest absolute Gasteiger partial charge is 0.138 e. The summed E-state index contributed by atoms with van der Waals surface area (Å²) in [5, 5.41) is 7.65. The predicted molar refractivity (Wildman–Crippen MR) is 81.9 cm³/mol. The van der Waals surface area contributed by atoms with Crippen molar-refractivity contribution >= 4 is 5.69 Å². The maximum atomic E-state index is 4.31. The highest BCUT2D eigenvalue weighted by Gasteiger charge is 2.14. The monoisotopic (exact) mass is 273 g/mol. The van der Waals surface area contributed by atoms with Crippen LogP contribution in [0.3, 0.4) is 0 Å². The maximum absolute atomic E-state index is 4.31. The Hall–Kier alpha value is -1.88. The lowest BCUT2D eigenvalue weighted by Gasteiger charge is -2.19. The van der Waals surface area contributed by atoms with E-state index in [9.17, 15) is 0 Å². The van der Waals surface area contributed by atoms with E-state index in [1.54, 1.807) is 6.33 Å². The van der Waals surface area contributed by atoms with Gasteiger partial charge in [-0.25, -0.2) is 4.98 Å². The molecule has 1 aromatic carbocycles. The Bertz CT molecular complexity index is 529. The quantitative estimate of drug-likeness (QED) is 0.871. The molecule has 20 heavy (non-hydrogen) atoms. The van der Waals surface area contributed by atoms with Crippen molar-refractivity contribution in [3.05, 3.63) is 42.0 Å². The minimum absolute atomic E-state index is 0.263. The zero-order valence-corrected chi connectivity index (χ0v) is 12.7. The minimum Gasteiger partial charge on any atom is -0.378 e. The molecule has 1 unspecified atom stereocenters. The van der Waals surface area contributed by atoms with Crippen LogP contribution in [0.2, 0.25) is 0 Å². The molecule has 1 aromatic heterocycles. The standard InChI is InChI=1S/C15H23N5/c1-5-16-14(10-15-17-11-18-20(15)4)12-6-8-13(9-7-12)19(2)3/h6-9,11,14,16H,5,10H2,1-4H3. The van der Waals surface area contributed by atoms with Crippen LogP contribution in [0.25, 0.3) is 0 Å². The number of anilines is 1. The number of hydrogen-bond acceptors (Lipinski definition) is 4. The summed E-state index contributed by atoms with van der Waals surface area (Å²) in [5.41, 5.74) is 2.49. The molecule has 1 N–H and O–H groups in total. The van der Waals surface area contributed by atoms with Gasteiger partial charge < -0.3 is 10.2 Å². The van der Waals surface area contributed by atoms with E-state index in [-0.39, 0.29) is 6.04 Å². The number of likely N-dealkylation sites (N-methyl/N-ethyl adjacent to an activating group) is 1. The Balaban J connectivity index is 2.17. The molecule has 0 aliphatic carbocycles. The van der Waals surface area contributed by atoms with Crippen LogP contribution >= 0.6 is 0 Å². The Morgan fingerprint density at radius 1 is 1.25 bits per heavy atom. The molecule has 0 amide bonds. The average Bonchev–Trinajstić information content (AvgIpc) is 2.84. The highest BCUT2D eigenvalue weighted by molar-refractivity contribution is 5.46. The molecule has 1 heterocycles. The fourth-order valence-electron chi connectivity index (χ4n) is 2.25. The second kappa shape index (κ2) is 6.52. The Kier molecular flexibility index (Phi) is 4.74. The molecule has 2 aromatic rings. The van der Waals surface area contributed by atoms with Gasteiger partial charge in [0.15, 0.2) is 0 Å². The van der Waals surface area contributed by atoms with Crippen molar-refractivity contribution in [1.29, 1.82) is 0 Å². The van der Waals surface area contributed by atoms with Crippen LogP contribution in [0.4, 0.5) is 5.69 Å². The molecule has 108 valence electrons. The molecule has 0 bridgehead atoms. The molecule has 0 aliphatic heterocycles. The van der Waals surface area contributed by atoms with E-state index in [2.05, 4.69) is 65.6 Å². The molecule has 5 nitrogen and oxygen atoms in total. The van der Waals surface area contributed by atoms with Gasteiger partial charge in [-0.05, 0) is 24.2 Å². The van der Waals surface area contributed by atoms with Crippen molar-refractivity contribution in [3.8, 4) is 0 Å². The molecule has 0 radical (unpaired) electrons. The van der Waals surface area contributed by atoms with Crippen molar-refractivity contribution in [2.75, 3.05) is 25.5 Å². The van der Waals surface area contributed by atoms with Gasteiger partial charge in [0.2, 0.25) is 0 Å². The number of aromatic nitrogens is 3. The van der Waals surface area contributed by atoms with Gasteiger partial charge in [-0.1, -0.05) is 19.1 Å². The first-order chi connectivity index (χ1) is 9.61. The number of benzene rings is 1. The normalized spacial score (nSPS) is 12.4. The lowest BCUT2D eigenvalue weighted by Crippen LogP contribution is -2.24. The zero-order chi connectivity index (χ0) is 14.5. The lowest BCUT2D eigenvalue weighted by atomic mass is 10.0. The van der Waals surface area contributed by atoms with Crippen molar-refractivity contribution < 1.29 is 0 Å². The van der Waals surface area contributed by atoms with Gasteiger partial charge in [0, 0.05) is 39.3 Å². The molecule has 5 heteroatoms. The molecule has 2 rings (SSSR count). The first-order valence-electron chi connectivity index (χ1n) is 6.95. The first kappa shape index (κ1) is 14.5. The van der Waals surface area contributed by atoms with Crippen LogP contribution in [0.5, 0.6) is 0 Å². The summed E-state index contributed by atoms with van der Waals surface area (Å²) >= 11 is 0. The van der Waals surface area contributed by atoms with Crippen LogP contribution in [0.15, 0.2) is 30.6 Å². The number of nitrogens with one attached hydrogen (secondary N) is 1. The fourth-order valence-corrected chi connectivity index (χ4v) is 2.25. The third-order valence-electron chi connectivity index (χ3n) is 3.45. The van der Waals surface area contributed by atoms with Gasteiger partial charge in [0.25, 0.3) is 0 Å². The van der Waals surface area contributed by atoms with Gasteiger partial charge in [0.1, 0.15) is 12.2 Å². The molecule has 0 aliphatic rings. The summed E-state index contributed by atoms with van der Waals surface area (Å²) in [6, 6.07) is 8.92. The van der Waals surface area contributed by atoms with Crippen molar-refractivity contribution in [1.82, 2.24) is 20.1 Å². The molecule has 1 atom stereocenters. The van der Waals surface area contributed by atoms with Gasteiger partial charge in [-0.15, -0.1) is 0 Å². The summed E-state index contributed by atoms with van der Waals surface area (Å²) in [5.74, 6) is 0.993. The zero-order valence-electron chi connectivity index (χ0n) is 12.7. The molecule has 0 saturated heterocycles. The average molecular weight is 273 g/mol. The summed E-state index contributed by atoms with van der Waals surface area (Å²) < 4.78 is 1.83. The minimum atomic E-state index is 0.263.